The van der Waals surface area contributed by atoms with Crippen molar-refractivity contribution < 1.29 is 0 Å². The number of nitrogens with one attached hydrogen (secondary N) is 1. The molecule has 0 aromatic carbocycles. The first-order valence-electron chi connectivity index (χ1n) is 6.50. The van der Waals surface area contributed by atoms with Crippen LogP contribution in [0.2, 0.25) is 0 Å². The molecule has 0 saturated heterocycles. The monoisotopic (exact) mass is 214 g/mol. The molecule has 0 bridgehead atoms. The minimum atomic E-state index is 0.703. The van der Waals surface area contributed by atoms with Gasteiger partial charge in [-0.15, -0.1) is 0 Å². The molecule has 0 aromatic rings. The number of rotatable bonds is 9. The van der Waals surface area contributed by atoms with Crippen molar-refractivity contribution in [1.29, 1.82) is 0 Å². The molecule has 2 atom stereocenters. The Labute approximate surface area is 96.0 Å². The molecule has 0 spiro atoms. The number of nitrogens with two attached hydrogens (primary N) is 1. The minimum Gasteiger partial charge on any atom is -0.330 e. The summed E-state index contributed by atoms with van der Waals surface area (Å²) in [6.45, 7) is 12.2. The van der Waals surface area contributed by atoms with Gasteiger partial charge >= 0.3 is 0 Å². The van der Waals surface area contributed by atoms with Crippen LogP contribution in [0, 0.1) is 17.8 Å². The van der Waals surface area contributed by atoms with E-state index in [1.54, 1.807) is 0 Å². The van der Waals surface area contributed by atoms with Crippen molar-refractivity contribution >= 4 is 0 Å². The molecule has 0 amide bonds. The van der Waals surface area contributed by atoms with Crippen LogP contribution in [0.3, 0.4) is 0 Å². The van der Waals surface area contributed by atoms with Crippen LogP contribution in [0.1, 0.15) is 47.0 Å². The van der Waals surface area contributed by atoms with Gasteiger partial charge in [0.05, 0.1) is 0 Å². The molecular weight excluding hydrogens is 184 g/mol. The van der Waals surface area contributed by atoms with Gasteiger partial charge in [0.2, 0.25) is 0 Å². The fourth-order valence-corrected chi connectivity index (χ4v) is 1.80. The lowest BCUT2D eigenvalue weighted by molar-refractivity contribution is 0.378. The SMILES string of the molecule is CCC(C)CNCCC(CN)CC(C)C. The van der Waals surface area contributed by atoms with Crippen molar-refractivity contribution in [1.82, 2.24) is 5.32 Å². The Balaban J connectivity index is 3.46. The third-order valence-electron chi connectivity index (χ3n) is 3.06. The highest BCUT2D eigenvalue weighted by molar-refractivity contribution is 4.64. The zero-order valence-electron chi connectivity index (χ0n) is 11.1. The van der Waals surface area contributed by atoms with Gasteiger partial charge in [0.25, 0.3) is 0 Å². The molecule has 0 rings (SSSR count). The van der Waals surface area contributed by atoms with E-state index in [2.05, 4.69) is 33.0 Å². The highest BCUT2D eigenvalue weighted by atomic mass is 14.9. The first kappa shape index (κ1) is 14.9. The summed E-state index contributed by atoms with van der Waals surface area (Å²) in [7, 11) is 0. The summed E-state index contributed by atoms with van der Waals surface area (Å²) in [5, 5.41) is 3.52. The van der Waals surface area contributed by atoms with Gasteiger partial charge in [-0.3, -0.25) is 0 Å². The van der Waals surface area contributed by atoms with Crippen molar-refractivity contribution in [3.05, 3.63) is 0 Å². The summed E-state index contributed by atoms with van der Waals surface area (Å²) in [6, 6.07) is 0. The Hall–Kier alpha value is -0.0800. The van der Waals surface area contributed by atoms with Crippen molar-refractivity contribution in [2.24, 2.45) is 23.5 Å². The maximum absolute atomic E-state index is 5.76. The third-order valence-corrected chi connectivity index (χ3v) is 3.06. The number of hydrogen-bond acceptors (Lipinski definition) is 2. The van der Waals surface area contributed by atoms with Crippen LogP contribution < -0.4 is 11.1 Å². The van der Waals surface area contributed by atoms with Crippen molar-refractivity contribution in [3.8, 4) is 0 Å². The van der Waals surface area contributed by atoms with E-state index in [-0.39, 0.29) is 0 Å². The van der Waals surface area contributed by atoms with Crippen molar-refractivity contribution in [2.75, 3.05) is 19.6 Å². The lowest BCUT2D eigenvalue weighted by atomic mass is 9.94. The van der Waals surface area contributed by atoms with Gasteiger partial charge in [-0.25, -0.2) is 0 Å². The maximum atomic E-state index is 5.76. The van der Waals surface area contributed by atoms with E-state index < -0.39 is 0 Å². The first-order valence-corrected chi connectivity index (χ1v) is 6.50. The normalized spacial score (nSPS) is 15.6. The molecular formula is C13H30N2. The molecule has 2 nitrogen and oxygen atoms in total. The van der Waals surface area contributed by atoms with Gasteiger partial charge in [-0.2, -0.15) is 0 Å². The van der Waals surface area contributed by atoms with Gasteiger partial charge in [0, 0.05) is 0 Å². The second-order valence-corrected chi connectivity index (χ2v) is 5.24. The first-order chi connectivity index (χ1) is 7.10. The standard InChI is InChI=1S/C13H30N2/c1-5-12(4)10-15-7-6-13(9-14)8-11(2)3/h11-13,15H,5-10,14H2,1-4H3. The van der Waals surface area contributed by atoms with Crippen LogP contribution in [0.5, 0.6) is 0 Å². The largest absolute Gasteiger partial charge is 0.330 e. The zero-order valence-corrected chi connectivity index (χ0v) is 11.1. The van der Waals surface area contributed by atoms with Gasteiger partial charge in [-0.05, 0) is 50.2 Å². The van der Waals surface area contributed by atoms with Gasteiger partial charge in [0.15, 0.2) is 0 Å². The van der Waals surface area contributed by atoms with Crippen LogP contribution in [-0.2, 0) is 0 Å². The molecule has 3 N–H and O–H groups in total. The average Bonchev–Trinajstić information content (AvgIpc) is 2.21. The Kier molecular flexibility index (Phi) is 9.12. The van der Waals surface area contributed by atoms with Crippen LogP contribution in [0.4, 0.5) is 0 Å². The zero-order chi connectivity index (χ0) is 11.7. The molecule has 2 unspecified atom stereocenters. The molecule has 2 heteroatoms. The molecule has 0 saturated carbocycles. The molecule has 92 valence electrons. The Morgan fingerprint density at radius 3 is 2.33 bits per heavy atom. The third kappa shape index (κ3) is 8.88. The minimum absolute atomic E-state index is 0.703. The van der Waals surface area contributed by atoms with E-state index in [0.29, 0.717) is 5.92 Å². The average molecular weight is 214 g/mol. The number of hydrogen-bond donors (Lipinski definition) is 2. The quantitative estimate of drug-likeness (QED) is 0.579. The van der Waals surface area contributed by atoms with E-state index in [4.69, 9.17) is 5.73 Å². The molecule has 0 heterocycles. The van der Waals surface area contributed by atoms with Gasteiger partial charge in [-0.1, -0.05) is 34.1 Å². The summed E-state index contributed by atoms with van der Waals surface area (Å²) < 4.78 is 0. The van der Waals surface area contributed by atoms with Crippen molar-refractivity contribution in [2.45, 2.75) is 47.0 Å². The molecule has 0 fully saturated rings. The Bertz CT molecular complexity index is 134. The van der Waals surface area contributed by atoms with Crippen LogP contribution in [0.25, 0.3) is 0 Å². The van der Waals surface area contributed by atoms with Crippen LogP contribution in [-0.4, -0.2) is 19.6 Å². The van der Waals surface area contributed by atoms with Gasteiger partial charge < -0.3 is 11.1 Å². The smallest absolute Gasteiger partial charge is 0.00233 e. The molecule has 0 aliphatic heterocycles. The summed E-state index contributed by atoms with van der Waals surface area (Å²) >= 11 is 0. The fourth-order valence-electron chi connectivity index (χ4n) is 1.80. The second kappa shape index (κ2) is 9.17. The summed E-state index contributed by atoms with van der Waals surface area (Å²) in [5.41, 5.74) is 5.76. The summed E-state index contributed by atoms with van der Waals surface area (Å²) in [6.07, 6.45) is 3.76. The van der Waals surface area contributed by atoms with E-state index in [0.717, 1.165) is 31.5 Å². The predicted molar refractivity (Wildman–Crippen MR) is 68.9 cm³/mol. The second-order valence-electron chi connectivity index (χ2n) is 5.24. The molecule has 0 aromatic heterocycles. The molecule has 15 heavy (non-hydrogen) atoms. The predicted octanol–water partition coefficient (Wildman–Crippen LogP) is 2.63. The van der Waals surface area contributed by atoms with E-state index in [9.17, 15) is 0 Å². The fraction of sp³-hybridized carbons (Fsp3) is 1.00. The highest BCUT2D eigenvalue weighted by Gasteiger charge is 2.08. The van der Waals surface area contributed by atoms with Gasteiger partial charge in [0.1, 0.15) is 0 Å². The molecule has 0 aliphatic rings. The van der Waals surface area contributed by atoms with Crippen molar-refractivity contribution in [3.63, 3.8) is 0 Å². The Morgan fingerprint density at radius 2 is 1.87 bits per heavy atom. The molecule has 0 aliphatic carbocycles. The maximum Gasteiger partial charge on any atom is -0.00233 e. The van der Waals surface area contributed by atoms with E-state index in [1.807, 2.05) is 0 Å². The van der Waals surface area contributed by atoms with Crippen LogP contribution >= 0.6 is 0 Å². The van der Waals surface area contributed by atoms with E-state index in [1.165, 1.54) is 19.3 Å². The Morgan fingerprint density at radius 1 is 1.20 bits per heavy atom. The molecule has 0 radical (unpaired) electrons. The topological polar surface area (TPSA) is 38.0 Å². The van der Waals surface area contributed by atoms with Crippen LogP contribution in [0.15, 0.2) is 0 Å². The van der Waals surface area contributed by atoms with E-state index >= 15 is 0 Å². The highest BCUT2D eigenvalue weighted by Crippen LogP contribution is 2.13. The lowest BCUT2D eigenvalue weighted by Crippen LogP contribution is -2.26. The summed E-state index contributed by atoms with van der Waals surface area (Å²) in [4.78, 5) is 0. The lowest BCUT2D eigenvalue weighted by Gasteiger charge is -2.18. The summed E-state index contributed by atoms with van der Waals surface area (Å²) in [5.74, 6) is 2.27.